The van der Waals surface area contributed by atoms with Crippen molar-refractivity contribution < 1.29 is 19.0 Å². The predicted molar refractivity (Wildman–Crippen MR) is 89.7 cm³/mol. The smallest absolute Gasteiger partial charge is 0.271 e. The lowest BCUT2D eigenvalue weighted by Gasteiger charge is -2.17. The highest BCUT2D eigenvalue weighted by atomic mass is 16.5. The van der Waals surface area contributed by atoms with Gasteiger partial charge in [-0.25, -0.2) is 4.90 Å². The fourth-order valence-corrected chi connectivity index (χ4v) is 2.25. The Labute approximate surface area is 140 Å². The number of carbonyl (C=O) groups excluding carboxylic acids is 1. The second kappa shape index (κ2) is 7.38. The molecule has 124 valence electrons. The van der Waals surface area contributed by atoms with Gasteiger partial charge in [0, 0.05) is 5.56 Å². The summed E-state index contributed by atoms with van der Waals surface area (Å²) < 4.78 is 15.7. The van der Waals surface area contributed by atoms with Crippen LogP contribution in [0.4, 0.5) is 5.69 Å². The number of anilines is 1. The maximum Gasteiger partial charge on any atom is 0.271 e. The molecule has 2 rings (SSSR count). The van der Waals surface area contributed by atoms with Crippen LogP contribution >= 0.6 is 0 Å². The van der Waals surface area contributed by atoms with Gasteiger partial charge in [0.05, 0.1) is 27.0 Å². The fraction of sp³-hybridized carbons (Fsp3) is 0.222. The number of hydrogen-bond donors (Lipinski definition) is 0. The van der Waals surface area contributed by atoms with Crippen molar-refractivity contribution in [1.82, 2.24) is 0 Å². The first kappa shape index (κ1) is 17.2. The van der Waals surface area contributed by atoms with Gasteiger partial charge in [0.1, 0.15) is 0 Å². The normalized spacial score (nSPS) is 9.79. The molecule has 0 saturated heterocycles. The van der Waals surface area contributed by atoms with E-state index < -0.39 is 5.91 Å². The highest BCUT2D eigenvalue weighted by molar-refractivity contribution is 6.08. The molecular formula is C18H18N2O4. The molecule has 0 aromatic heterocycles. The van der Waals surface area contributed by atoms with Crippen LogP contribution in [-0.4, -0.2) is 27.2 Å². The van der Waals surface area contributed by atoms with Crippen LogP contribution in [0.5, 0.6) is 17.2 Å². The molecule has 0 atom stereocenters. The van der Waals surface area contributed by atoms with Gasteiger partial charge >= 0.3 is 0 Å². The number of nitriles is 1. The van der Waals surface area contributed by atoms with Gasteiger partial charge in [0.25, 0.3) is 5.91 Å². The number of amides is 1. The summed E-state index contributed by atoms with van der Waals surface area (Å²) in [7, 11) is 4.41. The SMILES string of the molecule is COc1cc(C(=O)N(C#N)c2ccc(C)cc2)cc(OC)c1OC. The fourth-order valence-electron chi connectivity index (χ4n) is 2.25. The molecule has 0 bridgehead atoms. The minimum Gasteiger partial charge on any atom is -0.493 e. The lowest BCUT2D eigenvalue weighted by atomic mass is 10.1. The van der Waals surface area contributed by atoms with Crippen LogP contribution in [0.3, 0.4) is 0 Å². The molecule has 0 fully saturated rings. The minimum atomic E-state index is -0.486. The van der Waals surface area contributed by atoms with E-state index in [9.17, 15) is 10.1 Å². The third kappa shape index (κ3) is 3.25. The second-order valence-electron chi connectivity index (χ2n) is 4.99. The van der Waals surface area contributed by atoms with Crippen LogP contribution in [0.15, 0.2) is 36.4 Å². The topological polar surface area (TPSA) is 71.8 Å². The van der Waals surface area contributed by atoms with E-state index in [4.69, 9.17) is 14.2 Å². The molecule has 6 nitrogen and oxygen atoms in total. The number of methoxy groups -OCH3 is 3. The molecule has 0 unspecified atom stereocenters. The zero-order valence-corrected chi connectivity index (χ0v) is 14.0. The summed E-state index contributed by atoms with van der Waals surface area (Å²) in [6.07, 6.45) is 1.91. The maximum atomic E-state index is 12.7. The first-order chi connectivity index (χ1) is 11.5. The van der Waals surface area contributed by atoms with Crippen LogP contribution in [-0.2, 0) is 0 Å². The van der Waals surface area contributed by atoms with E-state index in [-0.39, 0.29) is 5.56 Å². The van der Waals surface area contributed by atoms with Crippen molar-refractivity contribution >= 4 is 11.6 Å². The third-order valence-electron chi connectivity index (χ3n) is 3.51. The Balaban J connectivity index is 2.47. The van der Waals surface area contributed by atoms with Gasteiger partial charge in [-0.15, -0.1) is 0 Å². The van der Waals surface area contributed by atoms with Gasteiger partial charge in [0.15, 0.2) is 17.7 Å². The molecular weight excluding hydrogens is 308 g/mol. The van der Waals surface area contributed by atoms with Gasteiger partial charge < -0.3 is 14.2 Å². The highest BCUT2D eigenvalue weighted by Crippen LogP contribution is 2.38. The number of carbonyl (C=O) groups is 1. The molecule has 24 heavy (non-hydrogen) atoms. The Hall–Kier alpha value is -3.20. The lowest BCUT2D eigenvalue weighted by Crippen LogP contribution is -2.25. The molecule has 0 aliphatic carbocycles. The third-order valence-corrected chi connectivity index (χ3v) is 3.51. The standard InChI is InChI=1S/C18H18N2O4/c1-12-5-7-14(8-6-12)20(11-19)18(21)13-9-15(22-2)17(24-4)16(10-13)23-3/h5-10H,1-4H3. The molecule has 0 radical (unpaired) electrons. The van der Waals surface area contributed by atoms with Gasteiger partial charge in [-0.3, -0.25) is 4.79 Å². The van der Waals surface area contributed by atoms with E-state index in [1.807, 2.05) is 25.2 Å². The Morgan fingerprint density at radius 1 is 1.00 bits per heavy atom. The molecule has 0 heterocycles. The Morgan fingerprint density at radius 2 is 1.54 bits per heavy atom. The van der Waals surface area contributed by atoms with Crippen molar-refractivity contribution in [2.24, 2.45) is 0 Å². The van der Waals surface area contributed by atoms with E-state index in [2.05, 4.69) is 0 Å². The number of ether oxygens (including phenoxy) is 3. The van der Waals surface area contributed by atoms with Crippen molar-refractivity contribution in [1.29, 1.82) is 5.26 Å². The summed E-state index contributed by atoms with van der Waals surface area (Å²) in [6, 6.07) is 10.1. The van der Waals surface area contributed by atoms with Gasteiger partial charge in [-0.2, -0.15) is 5.26 Å². The van der Waals surface area contributed by atoms with Crippen molar-refractivity contribution in [3.8, 4) is 23.4 Å². The van der Waals surface area contributed by atoms with Crippen LogP contribution in [0.1, 0.15) is 15.9 Å². The number of rotatable bonds is 5. The van der Waals surface area contributed by atoms with E-state index in [1.54, 1.807) is 12.1 Å². The Kier molecular flexibility index (Phi) is 5.27. The van der Waals surface area contributed by atoms with Crippen molar-refractivity contribution in [3.63, 3.8) is 0 Å². The van der Waals surface area contributed by atoms with Gasteiger partial charge in [-0.05, 0) is 31.2 Å². The average molecular weight is 326 g/mol. The summed E-state index contributed by atoms with van der Waals surface area (Å²) in [5.41, 5.74) is 1.78. The van der Waals surface area contributed by atoms with Crippen LogP contribution < -0.4 is 19.1 Å². The summed E-state index contributed by atoms with van der Waals surface area (Å²) >= 11 is 0. The number of nitrogens with zero attached hydrogens (tertiary/aromatic N) is 2. The second-order valence-corrected chi connectivity index (χ2v) is 4.99. The summed E-state index contributed by atoms with van der Waals surface area (Å²) in [5.74, 6) is 0.597. The maximum absolute atomic E-state index is 12.7. The van der Waals surface area contributed by atoms with Crippen molar-refractivity contribution in [2.45, 2.75) is 6.92 Å². The minimum absolute atomic E-state index is 0.256. The first-order valence-electron chi connectivity index (χ1n) is 7.16. The zero-order valence-electron chi connectivity index (χ0n) is 14.0. The van der Waals surface area contributed by atoms with Crippen LogP contribution in [0.2, 0.25) is 0 Å². The lowest BCUT2D eigenvalue weighted by molar-refractivity contribution is 0.0998. The van der Waals surface area contributed by atoms with Crippen LogP contribution in [0.25, 0.3) is 0 Å². The van der Waals surface area contributed by atoms with Crippen LogP contribution in [0, 0.1) is 18.4 Å². The average Bonchev–Trinajstić information content (AvgIpc) is 2.62. The Bertz CT molecular complexity index is 754. The highest BCUT2D eigenvalue weighted by Gasteiger charge is 2.22. The molecule has 0 N–H and O–H groups in total. The Morgan fingerprint density at radius 3 is 1.96 bits per heavy atom. The molecule has 0 spiro atoms. The molecule has 6 heteroatoms. The largest absolute Gasteiger partial charge is 0.493 e. The number of hydrogen-bond acceptors (Lipinski definition) is 5. The molecule has 0 aliphatic rings. The monoisotopic (exact) mass is 326 g/mol. The number of benzene rings is 2. The number of aryl methyl sites for hydroxylation is 1. The quantitative estimate of drug-likeness (QED) is 0.623. The van der Waals surface area contributed by atoms with E-state index in [0.717, 1.165) is 10.5 Å². The predicted octanol–water partition coefficient (Wildman–Crippen LogP) is 3.15. The van der Waals surface area contributed by atoms with Crippen molar-refractivity contribution in [3.05, 3.63) is 47.5 Å². The van der Waals surface area contributed by atoms with E-state index in [0.29, 0.717) is 22.9 Å². The van der Waals surface area contributed by atoms with Crippen molar-refractivity contribution in [2.75, 3.05) is 26.2 Å². The van der Waals surface area contributed by atoms with Gasteiger partial charge in [0.2, 0.25) is 5.75 Å². The van der Waals surface area contributed by atoms with E-state index in [1.165, 1.54) is 33.5 Å². The molecule has 2 aromatic carbocycles. The van der Waals surface area contributed by atoms with E-state index >= 15 is 0 Å². The zero-order chi connectivity index (χ0) is 17.7. The molecule has 0 saturated carbocycles. The molecule has 1 amide bonds. The summed E-state index contributed by atoms with van der Waals surface area (Å²) in [4.78, 5) is 13.8. The summed E-state index contributed by atoms with van der Waals surface area (Å²) in [6.45, 7) is 1.93. The first-order valence-corrected chi connectivity index (χ1v) is 7.16. The van der Waals surface area contributed by atoms with Gasteiger partial charge in [-0.1, -0.05) is 17.7 Å². The molecule has 0 aliphatic heterocycles. The summed E-state index contributed by atoms with van der Waals surface area (Å²) in [5, 5.41) is 9.40. The molecule has 2 aromatic rings.